The Labute approximate surface area is 231 Å². The van der Waals surface area contributed by atoms with E-state index in [2.05, 4.69) is 22.8 Å². The molecule has 208 valence electrons. The highest BCUT2D eigenvalue weighted by Crippen LogP contribution is 2.59. The van der Waals surface area contributed by atoms with Crippen LogP contribution in [0.3, 0.4) is 0 Å². The number of fused-ring (bicyclic) bond motifs is 1. The van der Waals surface area contributed by atoms with Gasteiger partial charge in [0.1, 0.15) is 12.6 Å². The Morgan fingerprint density at radius 3 is 2.33 bits per heavy atom. The summed E-state index contributed by atoms with van der Waals surface area (Å²) in [5.74, 6) is 0.326. The molecule has 1 saturated heterocycles. The fourth-order valence-corrected chi connectivity index (χ4v) is 7.43. The molecule has 0 bridgehead atoms. The number of anilines is 1. The standard InChI is InChI=1S/C31H42N6O2/c32-29(39)31-19-25(31)12-7-17-37(31,21-24-13-15-26(16-14-24)36-30(33)34)28(38)27(18-22-8-3-1-4-9-22)35-20-23-10-5-2-6-11-23/h2,5-6,10-11,13-16,22,25,27,35H,1,3-4,7-9,12,17-21H2,(H5-,32,33,34,36,39)/p+1/t25-,27-,31+,37?/m1/s1. The second-order valence-corrected chi connectivity index (χ2v) is 11.9. The van der Waals surface area contributed by atoms with Crippen LogP contribution in [0.2, 0.25) is 0 Å². The van der Waals surface area contributed by atoms with Crippen LogP contribution in [0.5, 0.6) is 0 Å². The van der Waals surface area contributed by atoms with E-state index in [0.717, 1.165) is 48.9 Å². The summed E-state index contributed by atoms with van der Waals surface area (Å²) in [6.45, 7) is 1.68. The molecule has 39 heavy (non-hydrogen) atoms. The van der Waals surface area contributed by atoms with Gasteiger partial charge in [0.25, 0.3) is 5.91 Å². The van der Waals surface area contributed by atoms with Gasteiger partial charge < -0.3 is 16.8 Å². The van der Waals surface area contributed by atoms with E-state index in [1.54, 1.807) is 0 Å². The van der Waals surface area contributed by atoms with Gasteiger partial charge in [-0.2, -0.15) is 0 Å². The molecule has 0 spiro atoms. The Bertz CT molecular complexity index is 1180. The molecule has 4 atom stereocenters. The van der Waals surface area contributed by atoms with E-state index >= 15 is 0 Å². The van der Waals surface area contributed by atoms with Crippen LogP contribution in [0.15, 0.2) is 54.6 Å². The SMILES string of the molecule is N=C(N)Nc1ccc(C[N+]2(C(=O)[C@@H](CC3CCCCC3)NCc3ccccc3)CCC[C@@H]3C[C@@]32C(N)=O)cc1. The minimum Gasteiger partial charge on any atom is -0.370 e. The van der Waals surface area contributed by atoms with Gasteiger partial charge in [-0.05, 0) is 42.9 Å². The van der Waals surface area contributed by atoms with Gasteiger partial charge in [-0.25, -0.2) is 9.28 Å². The number of nitrogens with one attached hydrogen (secondary N) is 3. The molecule has 3 fully saturated rings. The van der Waals surface area contributed by atoms with Crippen LogP contribution in [0.1, 0.15) is 68.9 Å². The Kier molecular flexibility index (Phi) is 8.05. The topological polar surface area (TPSA) is 134 Å². The third-order valence-electron chi connectivity index (χ3n) is 9.45. The predicted molar refractivity (Wildman–Crippen MR) is 153 cm³/mol. The Morgan fingerprint density at radius 1 is 0.949 bits per heavy atom. The van der Waals surface area contributed by atoms with E-state index in [1.807, 2.05) is 42.5 Å². The number of primary amides is 1. The number of rotatable bonds is 10. The molecule has 1 aliphatic heterocycles. The molecule has 0 aromatic heterocycles. The van der Waals surface area contributed by atoms with Gasteiger partial charge >= 0.3 is 5.91 Å². The van der Waals surface area contributed by atoms with Crippen LogP contribution in [0.4, 0.5) is 5.69 Å². The Balaban J connectivity index is 1.48. The highest BCUT2D eigenvalue weighted by atomic mass is 16.2. The summed E-state index contributed by atoms with van der Waals surface area (Å²) in [4.78, 5) is 28.1. The van der Waals surface area contributed by atoms with Gasteiger partial charge in [0.15, 0.2) is 11.5 Å². The smallest absolute Gasteiger partial charge is 0.331 e. The van der Waals surface area contributed by atoms with Crippen LogP contribution in [-0.4, -0.2) is 40.4 Å². The van der Waals surface area contributed by atoms with Crippen LogP contribution in [0, 0.1) is 17.2 Å². The van der Waals surface area contributed by atoms with Crippen molar-refractivity contribution in [3.05, 3.63) is 65.7 Å². The maximum Gasteiger partial charge on any atom is 0.331 e. The molecule has 8 nitrogen and oxygen atoms in total. The van der Waals surface area contributed by atoms with Gasteiger partial charge in [0.2, 0.25) is 0 Å². The van der Waals surface area contributed by atoms with Crippen molar-refractivity contribution in [1.29, 1.82) is 5.41 Å². The first-order chi connectivity index (χ1) is 18.8. The molecule has 2 amide bonds. The predicted octanol–water partition coefficient (Wildman–Crippen LogP) is 4.00. The third kappa shape index (κ3) is 5.58. The maximum absolute atomic E-state index is 14.9. The minimum atomic E-state index is -0.828. The number of carbonyl (C=O) groups excluding carboxylic acids is 2. The molecule has 2 aromatic carbocycles. The highest BCUT2D eigenvalue weighted by molar-refractivity contribution is 5.91. The van der Waals surface area contributed by atoms with Crippen molar-refractivity contribution in [3.63, 3.8) is 0 Å². The van der Waals surface area contributed by atoms with Crippen molar-refractivity contribution >= 4 is 23.5 Å². The van der Waals surface area contributed by atoms with Crippen molar-refractivity contribution in [3.8, 4) is 0 Å². The lowest BCUT2D eigenvalue weighted by molar-refractivity contribution is -0.900. The second-order valence-electron chi connectivity index (χ2n) is 11.9. The average Bonchev–Trinajstić information content (AvgIpc) is 3.70. The molecular formula is C31H43N6O2+. The first kappa shape index (κ1) is 27.3. The zero-order valence-electron chi connectivity index (χ0n) is 22.8. The summed E-state index contributed by atoms with van der Waals surface area (Å²) >= 11 is 0. The number of guanidine groups is 1. The number of likely N-dealkylation sites (tertiary alicyclic amines) is 1. The van der Waals surface area contributed by atoms with Crippen molar-refractivity contribution in [2.45, 2.75) is 82.5 Å². The van der Waals surface area contributed by atoms with Crippen LogP contribution in [0.25, 0.3) is 0 Å². The lowest BCUT2D eigenvalue weighted by Gasteiger charge is -2.46. The lowest BCUT2D eigenvalue weighted by atomic mass is 9.83. The molecule has 2 aliphatic carbocycles. The zero-order chi connectivity index (χ0) is 27.5. The van der Waals surface area contributed by atoms with Gasteiger partial charge in [0.05, 0.1) is 6.54 Å². The number of piperidine rings is 1. The van der Waals surface area contributed by atoms with Crippen molar-refractivity contribution in [2.75, 3.05) is 11.9 Å². The zero-order valence-corrected chi connectivity index (χ0v) is 22.8. The van der Waals surface area contributed by atoms with E-state index < -0.39 is 5.54 Å². The Morgan fingerprint density at radius 2 is 1.67 bits per heavy atom. The van der Waals surface area contributed by atoms with Gasteiger partial charge in [-0.15, -0.1) is 0 Å². The van der Waals surface area contributed by atoms with Crippen molar-refractivity contribution < 1.29 is 14.1 Å². The largest absolute Gasteiger partial charge is 0.370 e. The van der Waals surface area contributed by atoms with Crippen molar-refractivity contribution in [2.24, 2.45) is 23.3 Å². The van der Waals surface area contributed by atoms with E-state index in [9.17, 15) is 9.59 Å². The number of hydrogen-bond acceptors (Lipinski definition) is 4. The summed E-state index contributed by atoms with van der Waals surface area (Å²) < 4.78 is 0.103. The summed E-state index contributed by atoms with van der Waals surface area (Å²) in [6.07, 6.45) is 9.37. The first-order valence-corrected chi connectivity index (χ1v) is 14.5. The van der Waals surface area contributed by atoms with E-state index in [1.165, 1.54) is 19.3 Å². The molecule has 1 unspecified atom stereocenters. The van der Waals surface area contributed by atoms with Gasteiger partial charge in [0, 0.05) is 30.1 Å². The van der Waals surface area contributed by atoms with Crippen LogP contribution < -0.4 is 22.1 Å². The lowest BCUT2D eigenvalue weighted by Crippen LogP contribution is -2.71. The summed E-state index contributed by atoms with van der Waals surface area (Å²) in [5.41, 5.74) is 13.7. The fourth-order valence-electron chi connectivity index (χ4n) is 7.43. The minimum absolute atomic E-state index is 0.103. The molecule has 8 heteroatoms. The third-order valence-corrected chi connectivity index (χ3v) is 9.45. The number of quaternary nitrogens is 1. The van der Waals surface area contributed by atoms with E-state index in [0.29, 0.717) is 32.0 Å². The van der Waals surface area contributed by atoms with E-state index in [4.69, 9.17) is 16.9 Å². The van der Waals surface area contributed by atoms with Crippen LogP contribution >= 0.6 is 0 Å². The average molecular weight is 532 g/mol. The first-order valence-electron chi connectivity index (χ1n) is 14.5. The van der Waals surface area contributed by atoms with Gasteiger partial charge in [-0.1, -0.05) is 74.6 Å². The van der Waals surface area contributed by atoms with E-state index in [-0.39, 0.29) is 34.2 Å². The number of hydrogen-bond donors (Lipinski definition) is 5. The molecule has 3 aliphatic rings. The molecule has 2 saturated carbocycles. The highest BCUT2D eigenvalue weighted by Gasteiger charge is 2.76. The molecular weight excluding hydrogens is 488 g/mol. The number of carbonyl (C=O) groups is 2. The monoisotopic (exact) mass is 531 g/mol. The second kappa shape index (κ2) is 11.5. The van der Waals surface area contributed by atoms with Gasteiger partial charge in [-0.3, -0.25) is 15.5 Å². The molecule has 0 radical (unpaired) electrons. The quantitative estimate of drug-likeness (QED) is 0.179. The molecule has 2 aromatic rings. The summed E-state index contributed by atoms with van der Waals surface area (Å²) in [5, 5.41) is 14.0. The maximum atomic E-state index is 14.9. The fraction of sp³-hybridized carbons (Fsp3) is 0.516. The normalized spacial score (nSPS) is 27.2. The number of amides is 2. The molecule has 7 N–H and O–H groups in total. The summed E-state index contributed by atoms with van der Waals surface area (Å²) in [6, 6.07) is 17.5. The van der Waals surface area contributed by atoms with Crippen LogP contribution in [-0.2, 0) is 22.7 Å². The number of benzene rings is 2. The number of nitrogens with zero attached hydrogens (tertiary/aromatic N) is 1. The molecule has 1 heterocycles. The molecule has 5 rings (SSSR count). The number of nitrogens with two attached hydrogens (primary N) is 2. The Hall–Kier alpha value is -3.23. The van der Waals surface area contributed by atoms with Crippen molar-refractivity contribution in [1.82, 2.24) is 5.32 Å². The summed E-state index contributed by atoms with van der Waals surface area (Å²) in [7, 11) is 0.